The fourth-order valence-corrected chi connectivity index (χ4v) is 3.12. The van der Waals surface area contributed by atoms with Gasteiger partial charge in [0.1, 0.15) is 6.10 Å². The standard InChI is InChI=1S/C18H30N2O/c1-4-14-8-7-9-17(11-14)21-18-12-15(13-19-6-3)10-16(5-2)20-18/h10,12,14,17,19H,4-9,11,13H2,1-3H3. The molecule has 1 fully saturated rings. The zero-order valence-corrected chi connectivity index (χ0v) is 13.8. The van der Waals surface area contributed by atoms with Crippen molar-refractivity contribution in [3.8, 4) is 5.88 Å². The minimum absolute atomic E-state index is 0.357. The van der Waals surface area contributed by atoms with E-state index in [4.69, 9.17) is 4.74 Å². The number of hydrogen-bond donors (Lipinski definition) is 1. The summed E-state index contributed by atoms with van der Waals surface area (Å²) in [6.45, 7) is 8.45. The van der Waals surface area contributed by atoms with Gasteiger partial charge in [-0.25, -0.2) is 4.98 Å². The van der Waals surface area contributed by atoms with Gasteiger partial charge in [0.05, 0.1) is 0 Å². The van der Waals surface area contributed by atoms with E-state index in [1.165, 1.54) is 37.7 Å². The lowest BCUT2D eigenvalue weighted by Crippen LogP contribution is -2.25. The maximum atomic E-state index is 6.21. The van der Waals surface area contributed by atoms with E-state index in [1.807, 2.05) is 0 Å². The zero-order chi connectivity index (χ0) is 15.1. The first-order valence-electron chi connectivity index (χ1n) is 8.62. The van der Waals surface area contributed by atoms with Gasteiger partial charge in [-0.1, -0.05) is 33.6 Å². The van der Waals surface area contributed by atoms with Gasteiger partial charge in [-0.2, -0.15) is 0 Å². The molecular weight excluding hydrogens is 260 g/mol. The van der Waals surface area contributed by atoms with Crippen LogP contribution in [0.3, 0.4) is 0 Å². The molecule has 0 spiro atoms. The fraction of sp³-hybridized carbons (Fsp3) is 0.722. The van der Waals surface area contributed by atoms with E-state index >= 15 is 0 Å². The van der Waals surface area contributed by atoms with Crippen molar-refractivity contribution in [2.24, 2.45) is 5.92 Å². The molecule has 2 rings (SSSR count). The summed E-state index contributed by atoms with van der Waals surface area (Å²) >= 11 is 0. The summed E-state index contributed by atoms with van der Waals surface area (Å²) < 4.78 is 6.21. The van der Waals surface area contributed by atoms with Crippen molar-refractivity contribution >= 4 is 0 Å². The Morgan fingerprint density at radius 1 is 1.24 bits per heavy atom. The molecule has 118 valence electrons. The third-order valence-electron chi connectivity index (χ3n) is 4.46. The van der Waals surface area contributed by atoms with Crippen molar-refractivity contribution < 1.29 is 4.74 Å². The Morgan fingerprint density at radius 2 is 2.10 bits per heavy atom. The number of rotatable bonds is 7. The highest BCUT2D eigenvalue weighted by molar-refractivity contribution is 5.25. The molecule has 3 heteroatoms. The van der Waals surface area contributed by atoms with Gasteiger partial charge in [0.25, 0.3) is 0 Å². The van der Waals surface area contributed by atoms with Crippen LogP contribution in [0.2, 0.25) is 0 Å². The van der Waals surface area contributed by atoms with Crippen LogP contribution in [0.5, 0.6) is 5.88 Å². The summed E-state index contributed by atoms with van der Waals surface area (Å²) in [5.74, 6) is 1.66. The third kappa shape index (κ3) is 4.99. The van der Waals surface area contributed by atoms with E-state index in [2.05, 4.69) is 43.2 Å². The molecule has 1 heterocycles. The van der Waals surface area contributed by atoms with Gasteiger partial charge in [0.2, 0.25) is 5.88 Å². The molecule has 2 atom stereocenters. The number of pyridine rings is 1. The quantitative estimate of drug-likeness (QED) is 0.821. The summed E-state index contributed by atoms with van der Waals surface area (Å²) in [4.78, 5) is 4.65. The molecule has 0 radical (unpaired) electrons. The van der Waals surface area contributed by atoms with Crippen LogP contribution in [0.4, 0.5) is 0 Å². The minimum atomic E-state index is 0.357. The van der Waals surface area contributed by atoms with Gasteiger partial charge in [-0.3, -0.25) is 0 Å². The summed E-state index contributed by atoms with van der Waals surface area (Å²) in [5, 5.41) is 3.38. The van der Waals surface area contributed by atoms with Gasteiger partial charge in [0, 0.05) is 18.3 Å². The first-order chi connectivity index (χ1) is 10.2. The van der Waals surface area contributed by atoms with Crippen molar-refractivity contribution in [3.63, 3.8) is 0 Å². The Balaban J connectivity index is 2.03. The average Bonchev–Trinajstić information content (AvgIpc) is 2.52. The van der Waals surface area contributed by atoms with Crippen LogP contribution in [0, 0.1) is 5.92 Å². The predicted molar refractivity (Wildman–Crippen MR) is 87.7 cm³/mol. The van der Waals surface area contributed by atoms with E-state index < -0.39 is 0 Å². The van der Waals surface area contributed by atoms with E-state index in [1.54, 1.807) is 0 Å². The number of aryl methyl sites for hydroxylation is 1. The molecule has 0 saturated heterocycles. The Labute approximate surface area is 129 Å². The molecule has 21 heavy (non-hydrogen) atoms. The number of ether oxygens (including phenoxy) is 1. The lowest BCUT2D eigenvalue weighted by molar-refractivity contribution is 0.117. The van der Waals surface area contributed by atoms with E-state index in [0.717, 1.165) is 37.0 Å². The normalized spacial score (nSPS) is 22.2. The first-order valence-corrected chi connectivity index (χ1v) is 8.62. The molecular formula is C18H30N2O. The first kappa shape index (κ1) is 16.3. The van der Waals surface area contributed by atoms with Crippen LogP contribution in [0.15, 0.2) is 12.1 Å². The van der Waals surface area contributed by atoms with E-state index in [0.29, 0.717) is 6.10 Å². The van der Waals surface area contributed by atoms with Gasteiger partial charge < -0.3 is 10.1 Å². The van der Waals surface area contributed by atoms with Gasteiger partial charge in [-0.15, -0.1) is 0 Å². The van der Waals surface area contributed by atoms with Gasteiger partial charge in [-0.05, 0) is 49.8 Å². The number of nitrogens with one attached hydrogen (secondary N) is 1. The highest BCUT2D eigenvalue weighted by Gasteiger charge is 2.22. The Bertz CT molecular complexity index is 433. The average molecular weight is 290 g/mol. The SMILES string of the molecule is CCNCc1cc(CC)nc(OC2CCCC(CC)C2)c1. The molecule has 3 nitrogen and oxygen atoms in total. The number of hydrogen-bond acceptors (Lipinski definition) is 3. The molecule has 1 saturated carbocycles. The highest BCUT2D eigenvalue weighted by atomic mass is 16.5. The monoisotopic (exact) mass is 290 g/mol. The van der Waals surface area contributed by atoms with Gasteiger partial charge >= 0.3 is 0 Å². The Morgan fingerprint density at radius 3 is 2.81 bits per heavy atom. The van der Waals surface area contributed by atoms with Crippen LogP contribution in [0.25, 0.3) is 0 Å². The molecule has 0 aliphatic heterocycles. The third-order valence-corrected chi connectivity index (χ3v) is 4.46. The molecule has 0 bridgehead atoms. The molecule has 0 aromatic carbocycles. The molecule has 1 aliphatic carbocycles. The summed E-state index contributed by atoms with van der Waals surface area (Å²) in [6, 6.07) is 4.29. The minimum Gasteiger partial charge on any atom is -0.474 e. The maximum Gasteiger partial charge on any atom is 0.214 e. The molecule has 1 aromatic rings. The smallest absolute Gasteiger partial charge is 0.214 e. The van der Waals surface area contributed by atoms with Crippen LogP contribution in [-0.2, 0) is 13.0 Å². The predicted octanol–water partition coefficient (Wildman–Crippen LogP) is 4.10. The summed E-state index contributed by atoms with van der Waals surface area (Å²) in [6.07, 6.45) is 7.61. The van der Waals surface area contributed by atoms with Gasteiger partial charge in [0.15, 0.2) is 0 Å². The molecule has 2 unspecified atom stereocenters. The second kappa shape index (κ2) is 8.38. The maximum absolute atomic E-state index is 6.21. The number of aromatic nitrogens is 1. The van der Waals surface area contributed by atoms with Crippen LogP contribution in [0.1, 0.15) is 64.1 Å². The van der Waals surface area contributed by atoms with Crippen molar-refractivity contribution in [2.75, 3.05) is 6.54 Å². The van der Waals surface area contributed by atoms with Crippen molar-refractivity contribution in [2.45, 2.75) is 71.9 Å². The van der Waals surface area contributed by atoms with Crippen molar-refractivity contribution in [1.82, 2.24) is 10.3 Å². The topological polar surface area (TPSA) is 34.2 Å². The molecule has 1 aliphatic rings. The molecule has 0 amide bonds. The van der Waals surface area contributed by atoms with Crippen molar-refractivity contribution in [3.05, 3.63) is 23.4 Å². The van der Waals surface area contributed by atoms with Crippen LogP contribution >= 0.6 is 0 Å². The van der Waals surface area contributed by atoms with E-state index in [-0.39, 0.29) is 0 Å². The Kier molecular flexibility index (Phi) is 6.50. The zero-order valence-electron chi connectivity index (χ0n) is 13.8. The second-order valence-corrected chi connectivity index (χ2v) is 6.12. The fourth-order valence-electron chi connectivity index (χ4n) is 3.12. The van der Waals surface area contributed by atoms with E-state index in [9.17, 15) is 0 Å². The summed E-state index contributed by atoms with van der Waals surface area (Å²) in [5.41, 5.74) is 2.41. The highest BCUT2D eigenvalue weighted by Crippen LogP contribution is 2.29. The second-order valence-electron chi connectivity index (χ2n) is 6.12. The lowest BCUT2D eigenvalue weighted by Gasteiger charge is -2.28. The van der Waals surface area contributed by atoms with Crippen LogP contribution in [-0.4, -0.2) is 17.6 Å². The number of nitrogens with zero attached hydrogens (tertiary/aromatic N) is 1. The largest absolute Gasteiger partial charge is 0.474 e. The lowest BCUT2D eigenvalue weighted by atomic mass is 9.85. The Hall–Kier alpha value is -1.09. The van der Waals surface area contributed by atoms with Crippen LogP contribution < -0.4 is 10.1 Å². The molecule has 1 N–H and O–H groups in total. The summed E-state index contributed by atoms with van der Waals surface area (Å²) in [7, 11) is 0. The molecule has 1 aromatic heterocycles. The van der Waals surface area contributed by atoms with Crippen molar-refractivity contribution in [1.29, 1.82) is 0 Å².